The van der Waals surface area contributed by atoms with Crippen molar-refractivity contribution in [3.8, 4) is 0 Å². The van der Waals surface area contributed by atoms with Gasteiger partial charge in [0.15, 0.2) is 0 Å². The molecule has 0 saturated carbocycles. The van der Waals surface area contributed by atoms with Crippen molar-refractivity contribution in [1.82, 2.24) is 15.4 Å². The zero-order chi connectivity index (χ0) is 12.5. The van der Waals surface area contributed by atoms with Crippen molar-refractivity contribution >= 4 is 5.91 Å². The summed E-state index contributed by atoms with van der Waals surface area (Å²) in [6.45, 7) is 7.41. The molecule has 0 radical (unpaired) electrons. The maximum Gasteiger partial charge on any atom is 0.267 e. The number of rotatable bonds is 2. The van der Waals surface area contributed by atoms with E-state index >= 15 is 0 Å². The van der Waals surface area contributed by atoms with E-state index in [4.69, 9.17) is 0 Å². The van der Waals surface area contributed by atoms with E-state index in [0.29, 0.717) is 11.5 Å². The summed E-state index contributed by atoms with van der Waals surface area (Å²) in [5, 5.41) is 2.03. The smallest absolute Gasteiger partial charge is 0.267 e. The van der Waals surface area contributed by atoms with Crippen molar-refractivity contribution in [2.45, 2.75) is 32.7 Å². The van der Waals surface area contributed by atoms with Crippen molar-refractivity contribution in [2.75, 3.05) is 6.54 Å². The van der Waals surface area contributed by atoms with Gasteiger partial charge in [-0.15, -0.1) is 0 Å². The van der Waals surface area contributed by atoms with Crippen LogP contribution in [-0.4, -0.2) is 28.0 Å². The number of hydrogen-bond donors (Lipinski definition) is 1. The zero-order valence-electron chi connectivity index (χ0n) is 10.6. The lowest BCUT2D eigenvalue weighted by molar-refractivity contribution is 0.0634. The van der Waals surface area contributed by atoms with Gasteiger partial charge in [-0.05, 0) is 38.3 Å². The molecule has 0 aliphatic carbocycles. The average molecular weight is 233 g/mol. The van der Waals surface area contributed by atoms with Crippen LogP contribution in [0.15, 0.2) is 24.5 Å². The normalized spacial score (nSPS) is 23.6. The number of nitrogens with zero attached hydrogens (tertiary/aromatic N) is 2. The Morgan fingerprint density at radius 1 is 1.59 bits per heavy atom. The second-order valence-corrected chi connectivity index (χ2v) is 5.41. The predicted molar refractivity (Wildman–Crippen MR) is 66.3 cm³/mol. The lowest BCUT2D eigenvalue weighted by Gasteiger charge is -2.31. The van der Waals surface area contributed by atoms with Crippen LogP contribution in [0.2, 0.25) is 0 Å². The quantitative estimate of drug-likeness (QED) is 0.848. The Kier molecular flexibility index (Phi) is 3.15. The molecule has 1 aliphatic rings. The van der Waals surface area contributed by atoms with E-state index in [0.717, 1.165) is 13.0 Å². The van der Waals surface area contributed by atoms with Crippen LogP contribution in [0.5, 0.6) is 0 Å². The minimum absolute atomic E-state index is 0.0251. The highest BCUT2D eigenvalue weighted by atomic mass is 16.2. The Balaban J connectivity index is 2.05. The van der Waals surface area contributed by atoms with Gasteiger partial charge in [-0.3, -0.25) is 15.2 Å². The number of hydrogen-bond acceptors (Lipinski definition) is 3. The monoisotopic (exact) mass is 233 g/mol. The summed E-state index contributed by atoms with van der Waals surface area (Å²) in [7, 11) is 0. The molecule has 2 rings (SSSR count). The fraction of sp³-hybridized carbons (Fsp3) is 0.538. The topological polar surface area (TPSA) is 45.2 Å². The van der Waals surface area contributed by atoms with Gasteiger partial charge < -0.3 is 0 Å². The van der Waals surface area contributed by atoms with Gasteiger partial charge in [0.05, 0.1) is 5.56 Å². The molecule has 0 bridgehead atoms. The fourth-order valence-electron chi connectivity index (χ4n) is 2.47. The molecule has 1 saturated heterocycles. The lowest BCUT2D eigenvalue weighted by atomic mass is 9.98. The van der Waals surface area contributed by atoms with Crippen LogP contribution >= 0.6 is 0 Å². The number of hydrazine groups is 1. The number of nitrogens with one attached hydrogen (secondary N) is 1. The first-order valence-electron chi connectivity index (χ1n) is 5.98. The first-order valence-corrected chi connectivity index (χ1v) is 5.98. The van der Waals surface area contributed by atoms with E-state index in [2.05, 4.69) is 31.2 Å². The third kappa shape index (κ3) is 2.64. The molecule has 1 aliphatic heterocycles. The molecule has 92 valence electrons. The van der Waals surface area contributed by atoms with E-state index in [9.17, 15) is 4.79 Å². The zero-order valence-corrected chi connectivity index (χ0v) is 10.6. The van der Waals surface area contributed by atoms with Crippen LogP contribution in [0.1, 0.15) is 37.6 Å². The summed E-state index contributed by atoms with van der Waals surface area (Å²) in [5.74, 6) is 0.527. The Hall–Kier alpha value is -1.42. The van der Waals surface area contributed by atoms with Crippen LogP contribution in [0.25, 0.3) is 0 Å². The minimum atomic E-state index is -0.0831. The largest absolute Gasteiger partial charge is 0.284 e. The molecule has 4 nitrogen and oxygen atoms in total. The van der Waals surface area contributed by atoms with Crippen molar-refractivity contribution in [3.05, 3.63) is 30.1 Å². The van der Waals surface area contributed by atoms with Crippen LogP contribution in [-0.2, 0) is 0 Å². The number of pyridine rings is 1. The molecule has 1 unspecified atom stereocenters. The fourth-order valence-corrected chi connectivity index (χ4v) is 2.47. The predicted octanol–water partition coefficient (Wildman–Crippen LogP) is 1.85. The molecule has 1 amide bonds. The summed E-state index contributed by atoms with van der Waals surface area (Å²) >= 11 is 0. The molecule has 1 aromatic heterocycles. The number of amides is 1. The average Bonchev–Trinajstić information content (AvgIpc) is 2.53. The van der Waals surface area contributed by atoms with E-state index < -0.39 is 0 Å². The number of carbonyl (C=O) groups excluding carboxylic acids is 1. The summed E-state index contributed by atoms with van der Waals surface area (Å²) in [6, 6.07) is 3.54. The van der Waals surface area contributed by atoms with Crippen LogP contribution in [0.4, 0.5) is 0 Å². The lowest BCUT2D eigenvalue weighted by Crippen LogP contribution is -2.50. The van der Waals surface area contributed by atoms with Crippen LogP contribution < -0.4 is 5.43 Å². The highest BCUT2D eigenvalue weighted by Crippen LogP contribution is 2.30. The molecular weight excluding hydrogens is 214 g/mol. The third-order valence-corrected chi connectivity index (χ3v) is 3.23. The van der Waals surface area contributed by atoms with Gasteiger partial charge in [-0.2, -0.15) is 0 Å². The Morgan fingerprint density at radius 3 is 2.88 bits per heavy atom. The van der Waals surface area contributed by atoms with Gasteiger partial charge in [-0.1, -0.05) is 6.92 Å². The van der Waals surface area contributed by atoms with Gasteiger partial charge in [0.25, 0.3) is 5.91 Å². The molecule has 0 aromatic carbocycles. The van der Waals surface area contributed by atoms with Crippen molar-refractivity contribution in [3.63, 3.8) is 0 Å². The molecule has 2 heterocycles. The maximum absolute atomic E-state index is 12.0. The molecule has 1 aromatic rings. The summed E-state index contributed by atoms with van der Waals surface area (Å²) in [4.78, 5) is 16.0. The van der Waals surface area contributed by atoms with Crippen molar-refractivity contribution < 1.29 is 4.79 Å². The summed E-state index contributed by atoms with van der Waals surface area (Å²) in [5.41, 5.74) is 3.60. The van der Waals surface area contributed by atoms with Gasteiger partial charge in [0, 0.05) is 24.5 Å². The third-order valence-electron chi connectivity index (χ3n) is 3.23. The Morgan fingerprint density at radius 2 is 2.35 bits per heavy atom. The van der Waals surface area contributed by atoms with E-state index in [-0.39, 0.29) is 11.4 Å². The molecule has 0 spiro atoms. The molecule has 1 N–H and O–H groups in total. The first kappa shape index (κ1) is 12.0. The minimum Gasteiger partial charge on any atom is -0.284 e. The van der Waals surface area contributed by atoms with Gasteiger partial charge in [0.2, 0.25) is 0 Å². The highest BCUT2D eigenvalue weighted by molar-refractivity contribution is 5.93. The molecule has 17 heavy (non-hydrogen) atoms. The van der Waals surface area contributed by atoms with Gasteiger partial charge >= 0.3 is 0 Å². The number of carbonyl (C=O) groups is 1. The van der Waals surface area contributed by atoms with Crippen LogP contribution in [0.3, 0.4) is 0 Å². The van der Waals surface area contributed by atoms with Gasteiger partial charge in [-0.25, -0.2) is 5.01 Å². The molecule has 1 fully saturated rings. The summed E-state index contributed by atoms with van der Waals surface area (Å²) < 4.78 is 0. The van der Waals surface area contributed by atoms with Crippen LogP contribution in [0, 0.1) is 5.92 Å². The van der Waals surface area contributed by atoms with Crippen molar-refractivity contribution in [2.24, 2.45) is 5.92 Å². The maximum atomic E-state index is 12.0. The van der Waals surface area contributed by atoms with E-state index in [1.54, 1.807) is 24.5 Å². The molecular formula is C13H19N3O. The molecule has 4 heteroatoms. The van der Waals surface area contributed by atoms with E-state index in [1.165, 1.54) is 0 Å². The second kappa shape index (κ2) is 4.45. The van der Waals surface area contributed by atoms with Gasteiger partial charge in [0.1, 0.15) is 0 Å². The van der Waals surface area contributed by atoms with Crippen molar-refractivity contribution in [1.29, 1.82) is 0 Å². The summed E-state index contributed by atoms with van der Waals surface area (Å²) in [6.07, 6.45) is 4.35. The SMILES string of the molecule is CC1CN(NC(=O)c2cccnc2)C(C)(C)C1. The molecule has 1 atom stereocenters. The standard InChI is InChI=1S/C13H19N3O/c1-10-7-13(2,3)16(9-10)15-12(17)11-5-4-6-14-8-11/h4-6,8,10H,7,9H2,1-3H3,(H,15,17). The van der Waals surface area contributed by atoms with E-state index in [1.807, 2.05) is 5.01 Å². The Bertz CT molecular complexity index is 402. The Labute approximate surface area is 102 Å². The second-order valence-electron chi connectivity index (χ2n) is 5.41. The number of aromatic nitrogens is 1. The highest BCUT2D eigenvalue weighted by Gasteiger charge is 2.37. The first-order chi connectivity index (χ1) is 7.99.